The van der Waals surface area contributed by atoms with Gasteiger partial charge in [0.05, 0.1) is 13.8 Å². The second-order valence-electron chi connectivity index (χ2n) is 6.41. The maximum absolute atomic E-state index is 12.3. The summed E-state index contributed by atoms with van der Waals surface area (Å²) >= 11 is 0. The quantitative estimate of drug-likeness (QED) is 0.856. The summed E-state index contributed by atoms with van der Waals surface area (Å²) in [6.45, 7) is 8.85. The molecule has 1 aliphatic carbocycles. The Morgan fingerprint density at radius 2 is 2.10 bits per heavy atom. The van der Waals surface area contributed by atoms with Crippen LogP contribution in [0, 0.1) is 5.92 Å². The Morgan fingerprint density at radius 3 is 2.70 bits per heavy atom. The number of pyridine rings is 1. The Labute approximate surface area is 121 Å². The van der Waals surface area contributed by atoms with E-state index in [4.69, 9.17) is 0 Å². The first kappa shape index (κ1) is 14.7. The van der Waals surface area contributed by atoms with E-state index < -0.39 is 8.07 Å². The van der Waals surface area contributed by atoms with E-state index in [0.717, 1.165) is 17.8 Å². The van der Waals surface area contributed by atoms with E-state index in [1.165, 1.54) is 0 Å². The predicted octanol–water partition coefficient (Wildman–Crippen LogP) is 3.79. The average Bonchev–Trinajstić information content (AvgIpc) is 2.65. The number of hydrogen-bond acceptors (Lipinski definition) is 3. The zero-order chi connectivity index (χ0) is 14.8. The minimum atomic E-state index is -1.26. The van der Waals surface area contributed by atoms with Crippen LogP contribution in [0.2, 0.25) is 19.6 Å². The molecule has 0 saturated heterocycles. The van der Waals surface area contributed by atoms with Gasteiger partial charge in [0.2, 0.25) is 0 Å². The van der Waals surface area contributed by atoms with Crippen molar-refractivity contribution in [2.45, 2.75) is 33.0 Å². The molecule has 0 aromatic carbocycles. The fourth-order valence-electron chi connectivity index (χ4n) is 2.14. The van der Waals surface area contributed by atoms with Crippen LogP contribution >= 0.6 is 0 Å². The number of rotatable bonds is 4. The topological polar surface area (TPSA) is 42.0 Å². The Morgan fingerprint density at radius 1 is 1.35 bits per heavy atom. The number of allylic oxidation sites excluding steroid dienone is 3. The number of nitrogens with zero attached hydrogens (tertiary/aromatic N) is 1. The second-order valence-corrected chi connectivity index (χ2v) is 11.5. The molecule has 106 valence electrons. The average molecular weight is 286 g/mol. The van der Waals surface area contributed by atoms with Crippen LogP contribution < -0.4 is 5.32 Å². The summed E-state index contributed by atoms with van der Waals surface area (Å²) in [4.78, 5) is 16.5. The molecular formula is C16H22N2OSi. The highest BCUT2D eigenvalue weighted by Crippen LogP contribution is 2.29. The van der Waals surface area contributed by atoms with Crippen molar-refractivity contribution in [3.63, 3.8) is 0 Å². The zero-order valence-corrected chi connectivity index (χ0v) is 13.6. The summed E-state index contributed by atoms with van der Waals surface area (Å²) in [7, 11) is -1.26. The van der Waals surface area contributed by atoms with E-state index in [0.29, 0.717) is 5.70 Å². The predicted molar refractivity (Wildman–Crippen MR) is 86.2 cm³/mol. The van der Waals surface area contributed by atoms with Gasteiger partial charge in [0.25, 0.3) is 0 Å². The number of Topliss-reactive ketones (excluding diaryl/α,β-unsaturated/α-hetero) is 1. The first-order valence-electron chi connectivity index (χ1n) is 7.01. The molecule has 3 nitrogen and oxygen atoms in total. The molecule has 20 heavy (non-hydrogen) atoms. The summed E-state index contributed by atoms with van der Waals surface area (Å²) < 4.78 is 0. The van der Waals surface area contributed by atoms with Gasteiger partial charge in [-0.1, -0.05) is 44.4 Å². The molecule has 1 aromatic heterocycles. The normalized spacial score (nSPS) is 20.0. The van der Waals surface area contributed by atoms with Crippen LogP contribution in [0.3, 0.4) is 0 Å². The lowest BCUT2D eigenvalue weighted by molar-refractivity contribution is -0.117. The number of anilines is 1. The van der Waals surface area contributed by atoms with Crippen LogP contribution in [0.5, 0.6) is 0 Å². The highest BCUT2D eigenvalue weighted by atomic mass is 28.3. The van der Waals surface area contributed by atoms with Gasteiger partial charge < -0.3 is 5.32 Å². The lowest BCUT2D eigenvalue weighted by atomic mass is 10.1. The van der Waals surface area contributed by atoms with Crippen molar-refractivity contribution in [2.24, 2.45) is 5.92 Å². The summed E-state index contributed by atoms with van der Waals surface area (Å²) in [6.07, 6.45) is 4.68. The minimum Gasteiger partial charge on any atom is -0.337 e. The van der Waals surface area contributed by atoms with Crippen LogP contribution in [-0.4, -0.2) is 18.8 Å². The largest absolute Gasteiger partial charge is 0.337 e. The van der Waals surface area contributed by atoms with Crippen molar-refractivity contribution in [1.29, 1.82) is 0 Å². The van der Waals surface area contributed by atoms with Crippen molar-refractivity contribution in [3.05, 3.63) is 47.4 Å². The highest BCUT2D eigenvalue weighted by Gasteiger charge is 2.29. The van der Waals surface area contributed by atoms with Crippen LogP contribution in [0.25, 0.3) is 0 Å². The van der Waals surface area contributed by atoms with Gasteiger partial charge in [0, 0.05) is 12.1 Å². The van der Waals surface area contributed by atoms with Gasteiger partial charge >= 0.3 is 0 Å². The Bertz CT molecular complexity index is 556. The number of carbonyl (C=O) groups is 1. The van der Waals surface area contributed by atoms with Gasteiger partial charge in [-0.25, -0.2) is 4.98 Å². The van der Waals surface area contributed by atoms with E-state index in [2.05, 4.69) is 41.7 Å². The molecular weight excluding hydrogens is 264 g/mol. The second kappa shape index (κ2) is 5.75. The lowest BCUT2D eigenvalue weighted by Gasteiger charge is -2.10. The van der Waals surface area contributed by atoms with Crippen molar-refractivity contribution in [2.75, 3.05) is 5.32 Å². The standard InChI is InChI=1S/C16H22N2OSi/c1-12-11-13(8-10-20(2,3)4)15(16(12)19)18-14-7-5-6-9-17-14/h5-10,12H,11H2,1-4H3,(H,17,18)/b10-8+. The fourth-order valence-corrected chi connectivity index (χ4v) is 2.84. The highest BCUT2D eigenvalue weighted by molar-refractivity contribution is 6.81. The van der Waals surface area contributed by atoms with Crippen LogP contribution in [0.1, 0.15) is 13.3 Å². The molecule has 0 bridgehead atoms. The fraction of sp³-hybridized carbons (Fsp3) is 0.375. The van der Waals surface area contributed by atoms with Gasteiger partial charge in [-0.2, -0.15) is 0 Å². The first-order chi connectivity index (χ1) is 9.37. The van der Waals surface area contributed by atoms with E-state index in [9.17, 15) is 4.79 Å². The SMILES string of the molecule is CC1CC(/C=C/[Si](C)(C)C)=C(Nc2ccccn2)C1=O. The third kappa shape index (κ3) is 3.67. The molecule has 0 aliphatic heterocycles. The molecule has 0 radical (unpaired) electrons. The van der Waals surface area contributed by atoms with Gasteiger partial charge in [-0.05, 0) is 24.1 Å². The van der Waals surface area contributed by atoms with Crippen molar-refractivity contribution >= 4 is 19.7 Å². The van der Waals surface area contributed by atoms with E-state index in [1.54, 1.807) is 6.20 Å². The van der Waals surface area contributed by atoms with Crippen LogP contribution in [0.15, 0.2) is 47.4 Å². The van der Waals surface area contributed by atoms with Gasteiger partial charge in [0.15, 0.2) is 5.78 Å². The molecule has 4 heteroatoms. The van der Waals surface area contributed by atoms with Crippen molar-refractivity contribution in [1.82, 2.24) is 4.98 Å². The molecule has 1 aliphatic rings. The molecule has 1 aromatic rings. The van der Waals surface area contributed by atoms with Crippen molar-refractivity contribution < 1.29 is 4.79 Å². The third-order valence-electron chi connectivity index (χ3n) is 3.24. The van der Waals surface area contributed by atoms with Crippen LogP contribution in [-0.2, 0) is 4.79 Å². The maximum Gasteiger partial charge on any atom is 0.182 e. The molecule has 0 amide bonds. The molecule has 0 fully saturated rings. The molecule has 0 saturated carbocycles. The smallest absolute Gasteiger partial charge is 0.182 e. The van der Waals surface area contributed by atoms with Gasteiger partial charge in [-0.15, -0.1) is 0 Å². The molecule has 1 atom stereocenters. The number of hydrogen-bond donors (Lipinski definition) is 1. The molecule has 2 rings (SSSR count). The minimum absolute atomic E-state index is 0.0579. The summed E-state index contributed by atoms with van der Waals surface area (Å²) in [6, 6.07) is 5.66. The Hall–Kier alpha value is -1.68. The lowest BCUT2D eigenvalue weighted by Crippen LogP contribution is -2.15. The van der Waals surface area contributed by atoms with Crippen LogP contribution in [0.4, 0.5) is 5.82 Å². The van der Waals surface area contributed by atoms with E-state index in [1.807, 2.05) is 25.1 Å². The monoisotopic (exact) mass is 286 g/mol. The van der Waals surface area contributed by atoms with Gasteiger partial charge in [-0.3, -0.25) is 4.79 Å². The first-order valence-corrected chi connectivity index (χ1v) is 10.6. The molecule has 1 N–H and O–H groups in total. The van der Waals surface area contributed by atoms with E-state index in [-0.39, 0.29) is 11.7 Å². The third-order valence-corrected chi connectivity index (χ3v) is 4.41. The summed E-state index contributed by atoms with van der Waals surface area (Å²) in [5, 5.41) is 3.19. The summed E-state index contributed by atoms with van der Waals surface area (Å²) in [5.74, 6) is 0.970. The Balaban J connectivity index is 2.28. The number of ketones is 1. The maximum atomic E-state index is 12.3. The Kier molecular flexibility index (Phi) is 4.23. The summed E-state index contributed by atoms with van der Waals surface area (Å²) in [5.41, 5.74) is 4.11. The number of aromatic nitrogens is 1. The van der Waals surface area contributed by atoms with E-state index >= 15 is 0 Å². The molecule has 1 unspecified atom stereocenters. The number of nitrogens with one attached hydrogen (secondary N) is 1. The zero-order valence-electron chi connectivity index (χ0n) is 12.6. The van der Waals surface area contributed by atoms with Crippen molar-refractivity contribution in [3.8, 4) is 0 Å². The number of carbonyl (C=O) groups excluding carboxylic acids is 1. The molecule has 1 heterocycles. The molecule has 0 spiro atoms. The van der Waals surface area contributed by atoms with Gasteiger partial charge in [0.1, 0.15) is 5.82 Å².